The van der Waals surface area contributed by atoms with E-state index in [1.54, 1.807) is 0 Å². The van der Waals surface area contributed by atoms with Crippen molar-refractivity contribution in [3.05, 3.63) is 113 Å². The minimum atomic E-state index is 0.224. The van der Waals surface area contributed by atoms with Gasteiger partial charge in [-0.15, -0.1) is 0 Å². The van der Waals surface area contributed by atoms with Crippen LogP contribution >= 0.6 is 15.9 Å². The highest BCUT2D eigenvalue weighted by Crippen LogP contribution is 2.38. The Hall–Kier alpha value is -2.38. The summed E-state index contributed by atoms with van der Waals surface area (Å²) in [5.74, 6) is 0.224. The summed E-state index contributed by atoms with van der Waals surface area (Å²) in [5, 5.41) is 0. The lowest BCUT2D eigenvalue weighted by Crippen LogP contribution is -2.01. The van der Waals surface area contributed by atoms with Gasteiger partial charge in [0.1, 0.15) is 0 Å². The van der Waals surface area contributed by atoms with Crippen molar-refractivity contribution in [3.8, 4) is 0 Å². The largest absolute Gasteiger partial charge is 0.0622 e. The molecule has 0 saturated heterocycles. The fourth-order valence-electron chi connectivity index (χ4n) is 3.26. The zero-order chi connectivity index (χ0) is 16.4. The molecule has 0 saturated carbocycles. The van der Waals surface area contributed by atoms with Gasteiger partial charge < -0.3 is 0 Å². The summed E-state index contributed by atoms with van der Waals surface area (Å²) in [6.45, 7) is 0. The third kappa shape index (κ3) is 2.88. The standard InChI is InChI=1S/C23H17Br/c24-23(19-10-2-1-3-11-19)16-22-20-12-6-4-8-17(20)14-15-18-9-5-7-13-21(18)22/h1-16,22H/b23-16-. The first-order valence-corrected chi connectivity index (χ1v) is 8.91. The molecule has 3 aromatic rings. The molecule has 0 heterocycles. The first-order valence-electron chi connectivity index (χ1n) is 8.11. The summed E-state index contributed by atoms with van der Waals surface area (Å²) in [5.41, 5.74) is 6.44. The Morgan fingerprint density at radius 3 is 1.75 bits per heavy atom. The molecule has 0 unspecified atom stereocenters. The van der Waals surface area contributed by atoms with Crippen LogP contribution in [-0.2, 0) is 0 Å². The topological polar surface area (TPSA) is 0 Å². The van der Waals surface area contributed by atoms with Gasteiger partial charge in [-0.05, 0) is 27.8 Å². The van der Waals surface area contributed by atoms with Crippen molar-refractivity contribution in [1.29, 1.82) is 0 Å². The van der Waals surface area contributed by atoms with Crippen LogP contribution in [0.2, 0.25) is 0 Å². The number of hydrogen-bond acceptors (Lipinski definition) is 0. The Morgan fingerprint density at radius 2 is 1.17 bits per heavy atom. The van der Waals surface area contributed by atoms with Gasteiger partial charge in [0.2, 0.25) is 0 Å². The summed E-state index contributed by atoms with van der Waals surface area (Å²) in [6, 6.07) is 27.7. The second kappa shape index (κ2) is 6.62. The molecule has 0 bridgehead atoms. The lowest BCUT2D eigenvalue weighted by molar-refractivity contribution is 1.03. The van der Waals surface area contributed by atoms with Crippen LogP contribution in [-0.4, -0.2) is 0 Å². The molecule has 116 valence electrons. The van der Waals surface area contributed by atoms with E-state index in [0.717, 1.165) is 4.48 Å². The molecule has 0 spiro atoms. The van der Waals surface area contributed by atoms with E-state index >= 15 is 0 Å². The summed E-state index contributed by atoms with van der Waals surface area (Å²) in [7, 11) is 0. The predicted octanol–water partition coefficient (Wildman–Crippen LogP) is 6.74. The Morgan fingerprint density at radius 1 is 0.667 bits per heavy atom. The molecule has 4 rings (SSSR count). The van der Waals surface area contributed by atoms with Crippen LogP contribution in [0, 0.1) is 0 Å². The Bertz CT molecular complexity index is 870. The molecule has 1 aliphatic carbocycles. The molecule has 0 nitrogen and oxygen atoms in total. The van der Waals surface area contributed by atoms with Gasteiger partial charge in [-0.2, -0.15) is 0 Å². The molecule has 3 aromatic carbocycles. The minimum Gasteiger partial charge on any atom is -0.0622 e. The van der Waals surface area contributed by atoms with E-state index in [1.807, 2.05) is 6.07 Å². The van der Waals surface area contributed by atoms with Gasteiger partial charge >= 0.3 is 0 Å². The van der Waals surface area contributed by atoms with E-state index in [1.165, 1.54) is 27.8 Å². The Kier molecular flexibility index (Phi) is 4.18. The van der Waals surface area contributed by atoms with Gasteiger partial charge in [-0.3, -0.25) is 0 Å². The molecule has 1 aliphatic rings. The normalized spacial score (nSPS) is 14.0. The Balaban J connectivity index is 1.89. The highest BCUT2D eigenvalue weighted by molar-refractivity contribution is 9.15. The SMILES string of the molecule is Br/C(=C\C1c2ccccc2C=Cc2ccccc21)c1ccccc1. The highest BCUT2D eigenvalue weighted by Gasteiger charge is 2.19. The molecule has 0 amide bonds. The van der Waals surface area contributed by atoms with E-state index in [9.17, 15) is 0 Å². The van der Waals surface area contributed by atoms with Crippen LogP contribution in [0.15, 0.2) is 84.9 Å². The maximum Gasteiger partial charge on any atom is 0.0295 e. The molecule has 0 atom stereocenters. The van der Waals surface area contributed by atoms with Crippen molar-refractivity contribution in [2.75, 3.05) is 0 Å². The van der Waals surface area contributed by atoms with Crippen molar-refractivity contribution in [3.63, 3.8) is 0 Å². The first kappa shape index (κ1) is 15.2. The predicted molar refractivity (Wildman–Crippen MR) is 107 cm³/mol. The number of hydrogen-bond donors (Lipinski definition) is 0. The lowest BCUT2D eigenvalue weighted by atomic mass is 9.87. The second-order valence-corrected chi connectivity index (χ2v) is 6.80. The van der Waals surface area contributed by atoms with Crippen LogP contribution < -0.4 is 0 Å². The van der Waals surface area contributed by atoms with Crippen molar-refractivity contribution in [1.82, 2.24) is 0 Å². The van der Waals surface area contributed by atoms with Crippen LogP contribution in [0.4, 0.5) is 0 Å². The van der Waals surface area contributed by atoms with Crippen molar-refractivity contribution >= 4 is 32.6 Å². The van der Waals surface area contributed by atoms with Crippen molar-refractivity contribution < 1.29 is 0 Å². The molecule has 0 aliphatic heterocycles. The Labute approximate surface area is 151 Å². The first-order chi connectivity index (χ1) is 11.8. The molecule has 24 heavy (non-hydrogen) atoms. The third-order valence-corrected chi connectivity index (χ3v) is 5.19. The quantitative estimate of drug-likeness (QED) is 0.467. The molecule has 0 aromatic heterocycles. The van der Waals surface area contributed by atoms with Gasteiger partial charge in [0.05, 0.1) is 0 Å². The summed E-state index contributed by atoms with van der Waals surface area (Å²) in [4.78, 5) is 0. The van der Waals surface area contributed by atoms with Crippen LogP contribution in [0.1, 0.15) is 33.7 Å². The van der Waals surface area contributed by atoms with Gasteiger partial charge in [-0.25, -0.2) is 0 Å². The average molecular weight is 373 g/mol. The van der Waals surface area contributed by atoms with E-state index in [4.69, 9.17) is 0 Å². The molecule has 0 N–H and O–H groups in total. The smallest absolute Gasteiger partial charge is 0.0295 e. The van der Waals surface area contributed by atoms with Crippen LogP contribution in [0.25, 0.3) is 16.6 Å². The van der Waals surface area contributed by atoms with Crippen LogP contribution in [0.3, 0.4) is 0 Å². The van der Waals surface area contributed by atoms with E-state index < -0.39 is 0 Å². The molecule has 1 heteroatoms. The van der Waals surface area contributed by atoms with E-state index in [2.05, 4.69) is 107 Å². The minimum absolute atomic E-state index is 0.224. The maximum atomic E-state index is 3.79. The molecule has 0 fully saturated rings. The number of fused-ring (bicyclic) bond motifs is 2. The molecular weight excluding hydrogens is 356 g/mol. The fraction of sp³-hybridized carbons (Fsp3) is 0.0435. The maximum absolute atomic E-state index is 3.79. The number of halogens is 1. The third-order valence-electron chi connectivity index (χ3n) is 4.47. The van der Waals surface area contributed by atoms with Crippen LogP contribution in [0.5, 0.6) is 0 Å². The van der Waals surface area contributed by atoms with Gasteiger partial charge in [0.25, 0.3) is 0 Å². The van der Waals surface area contributed by atoms with Gasteiger partial charge in [0, 0.05) is 10.4 Å². The van der Waals surface area contributed by atoms with Gasteiger partial charge in [0.15, 0.2) is 0 Å². The van der Waals surface area contributed by atoms with Crippen molar-refractivity contribution in [2.24, 2.45) is 0 Å². The monoisotopic (exact) mass is 372 g/mol. The molecule has 0 radical (unpaired) electrons. The lowest BCUT2D eigenvalue weighted by Gasteiger charge is -2.18. The zero-order valence-corrected chi connectivity index (χ0v) is 14.8. The van der Waals surface area contributed by atoms with Crippen molar-refractivity contribution in [2.45, 2.75) is 5.92 Å². The summed E-state index contributed by atoms with van der Waals surface area (Å²) in [6.07, 6.45) is 6.76. The highest BCUT2D eigenvalue weighted by atomic mass is 79.9. The van der Waals surface area contributed by atoms with E-state index in [-0.39, 0.29) is 5.92 Å². The van der Waals surface area contributed by atoms with E-state index in [0.29, 0.717) is 0 Å². The van der Waals surface area contributed by atoms with Gasteiger partial charge in [-0.1, -0.05) is 113 Å². The number of benzene rings is 3. The zero-order valence-electron chi connectivity index (χ0n) is 13.2. The second-order valence-electron chi connectivity index (χ2n) is 5.95. The fourth-order valence-corrected chi connectivity index (χ4v) is 3.79. The summed E-state index contributed by atoms with van der Waals surface area (Å²) < 4.78 is 1.12. The average Bonchev–Trinajstić information content (AvgIpc) is 2.80. The number of rotatable bonds is 2. The summed E-state index contributed by atoms with van der Waals surface area (Å²) >= 11 is 3.79. The molecular formula is C23H17Br. The number of allylic oxidation sites excluding steroid dienone is 1.